The summed E-state index contributed by atoms with van der Waals surface area (Å²) in [5.74, 6) is 1.74. The van der Waals surface area contributed by atoms with Crippen molar-refractivity contribution < 1.29 is 14.3 Å². The van der Waals surface area contributed by atoms with Crippen LogP contribution >= 0.6 is 0 Å². The second-order valence-electron chi connectivity index (χ2n) is 4.61. The zero-order valence-corrected chi connectivity index (χ0v) is 11.5. The van der Waals surface area contributed by atoms with Gasteiger partial charge in [0.25, 0.3) is 0 Å². The smallest absolute Gasteiger partial charge is 0.134 e. The zero-order valence-electron chi connectivity index (χ0n) is 11.5. The standard InChI is InChI=1S/C15H21NO3/c1-3-12(6-7-17)16-10-14-9-11-8-13(18-2)4-5-15(11)19-14/h4-5,8-9,12,16-17H,3,6-7,10H2,1-2H3. The third-order valence-corrected chi connectivity index (χ3v) is 3.31. The number of nitrogens with one attached hydrogen (secondary N) is 1. The molecule has 1 heterocycles. The Labute approximate surface area is 113 Å². The normalized spacial score (nSPS) is 12.8. The third kappa shape index (κ3) is 3.49. The molecule has 0 amide bonds. The van der Waals surface area contributed by atoms with E-state index in [1.807, 2.05) is 24.3 Å². The van der Waals surface area contributed by atoms with E-state index < -0.39 is 0 Å². The molecule has 2 N–H and O–H groups in total. The van der Waals surface area contributed by atoms with Crippen molar-refractivity contribution in [3.05, 3.63) is 30.0 Å². The fraction of sp³-hybridized carbons (Fsp3) is 0.467. The molecule has 19 heavy (non-hydrogen) atoms. The van der Waals surface area contributed by atoms with Crippen molar-refractivity contribution in [1.82, 2.24) is 5.32 Å². The summed E-state index contributed by atoms with van der Waals surface area (Å²) in [5.41, 5.74) is 0.868. The van der Waals surface area contributed by atoms with E-state index in [1.54, 1.807) is 7.11 Å². The van der Waals surface area contributed by atoms with Gasteiger partial charge in [0.1, 0.15) is 17.1 Å². The van der Waals surface area contributed by atoms with Crippen LogP contribution in [0.2, 0.25) is 0 Å². The summed E-state index contributed by atoms with van der Waals surface area (Å²) in [4.78, 5) is 0. The maximum Gasteiger partial charge on any atom is 0.134 e. The van der Waals surface area contributed by atoms with Gasteiger partial charge < -0.3 is 19.6 Å². The number of benzene rings is 1. The Morgan fingerprint density at radius 3 is 2.89 bits per heavy atom. The summed E-state index contributed by atoms with van der Waals surface area (Å²) in [6, 6.07) is 8.13. The van der Waals surface area contributed by atoms with E-state index in [0.29, 0.717) is 12.6 Å². The van der Waals surface area contributed by atoms with Crippen LogP contribution in [-0.2, 0) is 6.54 Å². The molecule has 1 unspecified atom stereocenters. The highest BCUT2D eigenvalue weighted by Crippen LogP contribution is 2.24. The molecular weight excluding hydrogens is 242 g/mol. The fourth-order valence-corrected chi connectivity index (χ4v) is 2.14. The fourth-order valence-electron chi connectivity index (χ4n) is 2.14. The van der Waals surface area contributed by atoms with E-state index in [4.69, 9.17) is 14.3 Å². The van der Waals surface area contributed by atoms with Gasteiger partial charge in [0.05, 0.1) is 13.7 Å². The van der Waals surface area contributed by atoms with Gasteiger partial charge in [0.15, 0.2) is 0 Å². The number of hydrogen-bond donors (Lipinski definition) is 2. The largest absolute Gasteiger partial charge is 0.497 e. The van der Waals surface area contributed by atoms with Crippen molar-refractivity contribution in [3.63, 3.8) is 0 Å². The van der Waals surface area contributed by atoms with Crippen LogP contribution in [0.15, 0.2) is 28.7 Å². The SMILES string of the molecule is CCC(CCO)NCc1cc2cc(OC)ccc2o1. The van der Waals surface area contributed by atoms with E-state index in [1.165, 1.54) is 0 Å². The highest BCUT2D eigenvalue weighted by molar-refractivity contribution is 5.79. The number of aliphatic hydroxyl groups excluding tert-OH is 1. The van der Waals surface area contributed by atoms with Crippen molar-refractivity contribution in [2.75, 3.05) is 13.7 Å². The highest BCUT2D eigenvalue weighted by atomic mass is 16.5. The molecule has 4 heteroatoms. The molecule has 0 aliphatic heterocycles. The average Bonchev–Trinajstić information content (AvgIpc) is 2.84. The first kappa shape index (κ1) is 13.9. The van der Waals surface area contributed by atoms with E-state index in [0.717, 1.165) is 35.3 Å². The molecule has 0 fully saturated rings. The molecule has 1 atom stereocenters. The average molecular weight is 263 g/mol. The third-order valence-electron chi connectivity index (χ3n) is 3.31. The molecule has 0 aliphatic carbocycles. The van der Waals surface area contributed by atoms with Gasteiger partial charge in [-0.1, -0.05) is 6.92 Å². The minimum absolute atomic E-state index is 0.211. The predicted octanol–water partition coefficient (Wildman–Crippen LogP) is 2.69. The van der Waals surface area contributed by atoms with Crippen LogP contribution in [0.4, 0.5) is 0 Å². The van der Waals surface area contributed by atoms with Crippen LogP contribution in [0.25, 0.3) is 11.0 Å². The minimum Gasteiger partial charge on any atom is -0.497 e. The Kier molecular flexibility index (Phi) is 4.82. The van der Waals surface area contributed by atoms with E-state index in [9.17, 15) is 0 Å². The lowest BCUT2D eigenvalue weighted by atomic mass is 10.1. The number of furan rings is 1. The Bertz CT molecular complexity index is 521. The maximum atomic E-state index is 8.96. The summed E-state index contributed by atoms with van der Waals surface area (Å²) in [5, 5.41) is 13.4. The molecule has 1 aromatic heterocycles. The maximum absolute atomic E-state index is 8.96. The Hall–Kier alpha value is -1.52. The second-order valence-corrected chi connectivity index (χ2v) is 4.61. The van der Waals surface area contributed by atoms with Gasteiger partial charge >= 0.3 is 0 Å². The molecule has 1 aromatic carbocycles. The first-order valence-electron chi connectivity index (χ1n) is 6.67. The summed E-state index contributed by atoms with van der Waals surface area (Å²) in [6.45, 7) is 3.00. The van der Waals surface area contributed by atoms with Gasteiger partial charge in [-0.05, 0) is 37.1 Å². The second kappa shape index (κ2) is 6.59. The molecule has 0 saturated carbocycles. The van der Waals surface area contributed by atoms with Crippen molar-refractivity contribution in [1.29, 1.82) is 0 Å². The number of methoxy groups -OCH3 is 1. The summed E-state index contributed by atoms with van der Waals surface area (Å²) >= 11 is 0. The lowest BCUT2D eigenvalue weighted by Gasteiger charge is -2.14. The molecular formula is C15H21NO3. The first-order valence-corrected chi connectivity index (χ1v) is 6.67. The molecule has 0 bridgehead atoms. The molecule has 4 nitrogen and oxygen atoms in total. The van der Waals surface area contributed by atoms with Crippen LogP contribution < -0.4 is 10.1 Å². The lowest BCUT2D eigenvalue weighted by Crippen LogP contribution is -2.28. The summed E-state index contributed by atoms with van der Waals surface area (Å²) in [6.07, 6.45) is 1.76. The predicted molar refractivity (Wildman–Crippen MR) is 75.4 cm³/mol. The Morgan fingerprint density at radius 2 is 2.21 bits per heavy atom. The van der Waals surface area contributed by atoms with E-state index in [2.05, 4.69) is 12.2 Å². The van der Waals surface area contributed by atoms with Crippen LogP contribution in [0, 0.1) is 0 Å². The number of ether oxygens (including phenoxy) is 1. The number of aliphatic hydroxyl groups is 1. The van der Waals surface area contributed by atoms with Gasteiger partial charge in [-0.25, -0.2) is 0 Å². The summed E-state index contributed by atoms with van der Waals surface area (Å²) < 4.78 is 11.0. The molecule has 2 rings (SSSR count). The van der Waals surface area contributed by atoms with Gasteiger partial charge in [0.2, 0.25) is 0 Å². The van der Waals surface area contributed by atoms with Crippen molar-refractivity contribution in [2.24, 2.45) is 0 Å². The lowest BCUT2D eigenvalue weighted by molar-refractivity contribution is 0.260. The van der Waals surface area contributed by atoms with Crippen LogP contribution in [0.3, 0.4) is 0 Å². The number of hydrogen-bond acceptors (Lipinski definition) is 4. The van der Waals surface area contributed by atoms with Gasteiger partial charge in [-0.15, -0.1) is 0 Å². The number of rotatable bonds is 7. The first-order chi connectivity index (χ1) is 9.26. The molecule has 0 aliphatic rings. The topological polar surface area (TPSA) is 54.6 Å². The molecule has 0 radical (unpaired) electrons. The van der Waals surface area contributed by atoms with Gasteiger partial charge in [-0.3, -0.25) is 0 Å². The van der Waals surface area contributed by atoms with Crippen molar-refractivity contribution >= 4 is 11.0 Å². The zero-order chi connectivity index (χ0) is 13.7. The van der Waals surface area contributed by atoms with E-state index in [-0.39, 0.29) is 6.61 Å². The molecule has 104 valence electrons. The Morgan fingerprint density at radius 1 is 1.37 bits per heavy atom. The molecule has 0 spiro atoms. The molecule has 2 aromatic rings. The minimum atomic E-state index is 0.211. The van der Waals surface area contributed by atoms with Crippen molar-refractivity contribution in [3.8, 4) is 5.75 Å². The number of fused-ring (bicyclic) bond motifs is 1. The highest BCUT2D eigenvalue weighted by Gasteiger charge is 2.08. The van der Waals surface area contributed by atoms with Crippen LogP contribution in [0.5, 0.6) is 5.75 Å². The quantitative estimate of drug-likeness (QED) is 0.806. The van der Waals surface area contributed by atoms with Gasteiger partial charge in [-0.2, -0.15) is 0 Å². The van der Waals surface area contributed by atoms with Crippen molar-refractivity contribution in [2.45, 2.75) is 32.4 Å². The van der Waals surface area contributed by atoms with Gasteiger partial charge in [0, 0.05) is 18.0 Å². The Balaban J connectivity index is 2.04. The van der Waals surface area contributed by atoms with Crippen LogP contribution in [0.1, 0.15) is 25.5 Å². The monoisotopic (exact) mass is 263 g/mol. The molecule has 0 saturated heterocycles. The van der Waals surface area contributed by atoms with Crippen LogP contribution in [-0.4, -0.2) is 24.9 Å². The summed E-state index contributed by atoms with van der Waals surface area (Å²) in [7, 11) is 1.66. The van der Waals surface area contributed by atoms with E-state index >= 15 is 0 Å².